The second-order valence-corrected chi connectivity index (χ2v) is 6.09. The van der Waals surface area contributed by atoms with Crippen molar-refractivity contribution in [2.75, 3.05) is 11.9 Å². The van der Waals surface area contributed by atoms with Crippen molar-refractivity contribution >= 4 is 22.6 Å². The molecule has 0 saturated carbocycles. The average molecular weight is 337 g/mol. The Bertz CT molecular complexity index is 899. The van der Waals surface area contributed by atoms with Gasteiger partial charge < -0.3 is 14.6 Å². The maximum Gasteiger partial charge on any atom is 0.226 e. The molecule has 5 heteroatoms. The van der Waals surface area contributed by atoms with E-state index < -0.39 is 0 Å². The number of amides is 1. The van der Waals surface area contributed by atoms with Crippen molar-refractivity contribution in [2.24, 2.45) is 0 Å². The summed E-state index contributed by atoms with van der Waals surface area (Å²) in [6, 6.07) is 11.7. The molecule has 0 unspecified atom stereocenters. The van der Waals surface area contributed by atoms with E-state index in [1.807, 2.05) is 35.8 Å². The summed E-state index contributed by atoms with van der Waals surface area (Å²) in [5.41, 5.74) is 5.18. The zero-order valence-electron chi connectivity index (χ0n) is 14.9. The summed E-state index contributed by atoms with van der Waals surface area (Å²) in [5, 5.41) is 2.93. The molecule has 0 aliphatic rings. The molecule has 0 bridgehead atoms. The normalized spacial score (nSPS) is 10.8. The largest absolute Gasteiger partial charge is 0.492 e. The van der Waals surface area contributed by atoms with E-state index in [4.69, 9.17) is 4.74 Å². The number of rotatable bonds is 6. The smallest absolute Gasteiger partial charge is 0.226 e. The van der Waals surface area contributed by atoms with Crippen molar-refractivity contribution in [3.05, 3.63) is 53.9 Å². The van der Waals surface area contributed by atoms with Gasteiger partial charge in [0.2, 0.25) is 5.91 Å². The average Bonchev–Trinajstić information content (AvgIpc) is 2.97. The van der Waals surface area contributed by atoms with E-state index in [1.165, 1.54) is 11.1 Å². The lowest BCUT2D eigenvalue weighted by atomic mass is 10.1. The Labute approximate surface area is 147 Å². The van der Waals surface area contributed by atoms with Crippen LogP contribution in [0.5, 0.6) is 5.75 Å². The fourth-order valence-electron chi connectivity index (χ4n) is 2.78. The Hall–Kier alpha value is -2.82. The third kappa shape index (κ3) is 3.82. The molecular weight excluding hydrogens is 314 g/mol. The van der Waals surface area contributed by atoms with Gasteiger partial charge in [-0.05, 0) is 56.2 Å². The van der Waals surface area contributed by atoms with Crippen LogP contribution in [-0.4, -0.2) is 22.1 Å². The van der Waals surface area contributed by atoms with Gasteiger partial charge in [0.1, 0.15) is 5.75 Å². The van der Waals surface area contributed by atoms with Gasteiger partial charge in [-0.15, -0.1) is 0 Å². The van der Waals surface area contributed by atoms with Crippen LogP contribution in [0.2, 0.25) is 0 Å². The van der Waals surface area contributed by atoms with Crippen LogP contribution in [0, 0.1) is 13.8 Å². The first-order valence-electron chi connectivity index (χ1n) is 8.52. The van der Waals surface area contributed by atoms with Gasteiger partial charge in [0.15, 0.2) is 0 Å². The second-order valence-electron chi connectivity index (χ2n) is 6.09. The second kappa shape index (κ2) is 7.38. The molecule has 0 saturated heterocycles. The third-order valence-electron chi connectivity index (χ3n) is 4.28. The first kappa shape index (κ1) is 17.0. The minimum atomic E-state index is -0.0437. The molecule has 1 amide bonds. The molecule has 1 heterocycles. The summed E-state index contributed by atoms with van der Waals surface area (Å²) < 4.78 is 7.56. The predicted octanol–water partition coefficient (Wildman–Crippen LogP) is 4.08. The highest BCUT2D eigenvalue weighted by atomic mass is 16.5. The van der Waals surface area contributed by atoms with Crippen LogP contribution < -0.4 is 10.1 Å². The summed E-state index contributed by atoms with van der Waals surface area (Å²) >= 11 is 0. The number of fused-ring (bicyclic) bond motifs is 1. The number of aryl methyl sites for hydroxylation is 3. The van der Waals surface area contributed by atoms with Gasteiger partial charge >= 0.3 is 0 Å². The summed E-state index contributed by atoms with van der Waals surface area (Å²) in [7, 11) is 0. The van der Waals surface area contributed by atoms with Crippen molar-refractivity contribution in [3.63, 3.8) is 0 Å². The molecule has 0 radical (unpaired) electrons. The van der Waals surface area contributed by atoms with E-state index in [9.17, 15) is 4.79 Å². The number of hydrogen-bond acceptors (Lipinski definition) is 3. The Morgan fingerprint density at radius 1 is 1.20 bits per heavy atom. The highest BCUT2D eigenvalue weighted by Gasteiger charge is 2.10. The van der Waals surface area contributed by atoms with E-state index in [-0.39, 0.29) is 5.91 Å². The molecular formula is C20H23N3O2. The van der Waals surface area contributed by atoms with Crippen LogP contribution in [-0.2, 0) is 11.3 Å². The lowest BCUT2D eigenvalue weighted by Crippen LogP contribution is -2.15. The molecule has 1 aromatic heterocycles. The number of carbonyl (C=O) groups excluding carboxylic acids is 1. The Morgan fingerprint density at radius 3 is 2.76 bits per heavy atom. The lowest BCUT2D eigenvalue weighted by Gasteiger charge is -2.11. The van der Waals surface area contributed by atoms with Gasteiger partial charge in [-0.1, -0.05) is 12.1 Å². The molecule has 1 N–H and O–H groups in total. The van der Waals surface area contributed by atoms with Gasteiger partial charge in [-0.2, -0.15) is 0 Å². The topological polar surface area (TPSA) is 56.1 Å². The Kier molecular flexibility index (Phi) is 5.03. The molecule has 25 heavy (non-hydrogen) atoms. The van der Waals surface area contributed by atoms with E-state index in [0.717, 1.165) is 11.0 Å². The zero-order chi connectivity index (χ0) is 17.8. The molecule has 3 aromatic rings. The maximum absolute atomic E-state index is 12.3. The van der Waals surface area contributed by atoms with Crippen molar-refractivity contribution < 1.29 is 9.53 Å². The molecule has 0 fully saturated rings. The first-order valence-corrected chi connectivity index (χ1v) is 8.52. The van der Waals surface area contributed by atoms with Crippen molar-refractivity contribution in [1.82, 2.24) is 9.55 Å². The van der Waals surface area contributed by atoms with Gasteiger partial charge in [-0.25, -0.2) is 4.98 Å². The minimum absolute atomic E-state index is 0.0437. The van der Waals surface area contributed by atoms with Gasteiger partial charge in [0.25, 0.3) is 0 Å². The summed E-state index contributed by atoms with van der Waals surface area (Å²) in [5.74, 6) is 0.648. The number of imidazole rings is 1. The number of anilines is 1. The predicted molar refractivity (Wildman–Crippen MR) is 100 cm³/mol. The van der Waals surface area contributed by atoms with Crippen molar-refractivity contribution in [1.29, 1.82) is 0 Å². The number of benzene rings is 2. The van der Waals surface area contributed by atoms with E-state index >= 15 is 0 Å². The van der Waals surface area contributed by atoms with E-state index in [1.54, 1.807) is 6.33 Å². The molecule has 2 aromatic carbocycles. The third-order valence-corrected chi connectivity index (χ3v) is 4.28. The van der Waals surface area contributed by atoms with Crippen LogP contribution in [0.1, 0.15) is 24.5 Å². The van der Waals surface area contributed by atoms with Crippen molar-refractivity contribution in [3.8, 4) is 5.75 Å². The maximum atomic E-state index is 12.3. The Morgan fingerprint density at radius 2 is 1.96 bits per heavy atom. The SMILES string of the molecule is CCOc1ccccc1NC(=O)CCn1cnc2cc(C)c(C)cc21. The number of ether oxygens (including phenoxy) is 1. The zero-order valence-corrected chi connectivity index (χ0v) is 14.9. The monoisotopic (exact) mass is 337 g/mol. The fraction of sp³-hybridized carbons (Fsp3) is 0.300. The van der Waals surface area contributed by atoms with E-state index in [0.29, 0.717) is 31.0 Å². The quantitative estimate of drug-likeness (QED) is 0.737. The molecule has 0 aliphatic carbocycles. The van der Waals surface area contributed by atoms with Gasteiger partial charge in [-0.3, -0.25) is 4.79 Å². The highest BCUT2D eigenvalue weighted by molar-refractivity contribution is 5.92. The molecule has 3 rings (SSSR count). The van der Waals surface area contributed by atoms with E-state index in [2.05, 4.69) is 36.3 Å². The highest BCUT2D eigenvalue weighted by Crippen LogP contribution is 2.24. The molecule has 130 valence electrons. The summed E-state index contributed by atoms with van der Waals surface area (Å²) in [4.78, 5) is 16.8. The number of carbonyl (C=O) groups is 1. The van der Waals surface area contributed by atoms with Crippen molar-refractivity contribution in [2.45, 2.75) is 33.7 Å². The van der Waals surface area contributed by atoms with Crippen LogP contribution in [0.25, 0.3) is 11.0 Å². The standard InChI is InChI=1S/C20H23N3O2/c1-4-25-19-8-6-5-7-16(19)22-20(24)9-10-23-13-21-17-11-14(2)15(3)12-18(17)23/h5-8,11-13H,4,9-10H2,1-3H3,(H,22,24). The first-order chi connectivity index (χ1) is 12.1. The van der Waals surface area contributed by atoms with Gasteiger partial charge in [0, 0.05) is 13.0 Å². The van der Waals surface area contributed by atoms with Crippen LogP contribution in [0.3, 0.4) is 0 Å². The summed E-state index contributed by atoms with van der Waals surface area (Å²) in [6.07, 6.45) is 2.17. The van der Waals surface area contributed by atoms with Crippen LogP contribution in [0.15, 0.2) is 42.7 Å². The van der Waals surface area contributed by atoms with Gasteiger partial charge in [0.05, 0.1) is 29.7 Å². The minimum Gasteiger partial charge on any atom is -0.492 e. The molecule has 0 spiro atoms. The number of aromatic nitrogens is 2. The Balaban J connectivity index is 1.68. The molecule has 0 aliphatic heterocycles. The lowest BCUT2D eigenvalue weighted by molar-refractivity contribution is -0.116. The summed E-state index contributed by atoms with van der Waals surface area (Å²) in [6.45, 7) is 7.24. The van der Waals surface area contributed by atoms with Crippen LogP contribution >= 0.6 is 0 Å². The number of hydrogen-bond donors (Lipinski definition) is 1. The number of para-hydroxylation sites is 2. The number of nitrogens with zero attached hydrogens (tertiary/aromatic N) is 2. The molecule has 5 nitrogen and oxygen atoms in total. The van der Waals surface area contributed by atoms with Crippen LogP contribution in [0.4, 0.5) is 5.69 Å². The fourth-order valence-corrected chi connectivity index (χ4v) is 2.78. The molecule has 0 atom stereocenters. The number of nitrogens with one attached hydrogen (secondary N) is 1.